The first kappa shape index (κ1) is 14.6. The molecular formula is C13H23N3O2S. The Bertz CT molecular complexity index is 511. The molecule has 6 heteroatoms. The number of hydrogen-bond donors (Lipinski definition) is 1. The number of aryl methyl sites for hydroxylation is 1. The first-order valence-electron chi connectivity index (χ1n) is 6.84. The number of nitrogens with zero attached hydrogens (tertiary/aromatic N) is 2. The van der Waals surface area contributed by atoms with Crippen molar-refractivity contribution in [3.63, 3.8) is 0 Å². The van der Waals surface area contributed by atoms with E-state index >= 15 is 0 Å². The number of rotatable bonds is 6. The lowest BCUT2D eigenvalue weighted by Gasteiger charge is -2.29. The van der Waals surface area contributed by atoms with E-state index in [-0.39, 0.29) is 0 Å². The van der Waals surface area contributed by atoms with Gasteiger partial charge in [0.25, 0.3) is 0 Å². The topological polar surface area (TPSA) is 68.3 Å². The number of hydrogen-bond acceptors (Lipinski definition) is 3. The molecule has 0 aromatic carbocycles. The summed E-state index contributed by atoms with van der Waals surface area (Å²) in [4.78, 5) is 0.358. The molecule has 0 radical (unpaired) electrons. The zero-order valence-electron chi connectivity index (χ0n) is 11.7. The van der Waals surface area contributed by atoms with Gasteiger partial charge in [0, 0.05) is 38.6 Å². The first-order valence-corrected chi connectivity index (χ1v) is 8.28. The molecule has 0 saturated heterocycles. The van der Waals surface area contributed by atoms with Crippen LogP contribution in [-0.2, 0) is 23.1 Å². The molecule has 1 aliphatic carbocycles. The lowest BCUT2D eigenvalue weighted by molar-refractivity contribution is 0.263. The van der Waals surface area contributed by atoms with Crippen LogP contribution in [-0.4, -0.2) is 30.9 Å². The minimum atomic E-state index is -3.38. The maximum absolute atomic E-state index is 12.5. The van der Waals surface area contributed by atoms with Crippen LogP contribution in [0.3, 0.4) is 0 Å². The van der Waals surface area contributed by atoms with Gasteiger partial charge in [-0.2, -0.15) is 0 Å². The largest absolute Gasteiger partial charge is 0.349 e. The van der Waals surface area contributed by atoms with E-state index in [2.05, 4.69) is 0 Å². The van der Waals surface area contributed by atoms with Gasteiger partial charge in [0.2, 0.25) is 10.0 Å². The Kier molecular flexibility index (Phi) is 4.32. The minimum Gasteiger partial charge on any atom is -0.349 e. The summed E-state index contributed by atoms with van der Waals surface area (Å²) in [5.74, 6) is 0.530. The van der Waals surface area contributed by atoms with E-state index < -0.39 is 10.0 Å². The Morgan fingerprint density at radius 1 is 1.47 bits per heavy atom. The van der Waals surface area contributed by atoms with Gasteiger partial charge in [0.1, 0.15) is 4.90 Å². The lowest BCUT2D eigenvalue weighted by atomic mass is 9.86. The quantitative estimate of drug-likeness (QED) is 0.858. The van der Waals surface area contributed by atoms with Crippen LogP contribution in [0.25, 0.3) is 0 Å². The molecule has 1 aromatic heterocycles. The van der Waals surface area contributed by atoms with Gasteiger partial charge in [0.15, 0.2) is 0 Å². The fourth-order valence-electron chi connectivity index (χ4n) is 2.45. The monoisotopic (exact) mass is 285 g/mol. The molecule has 0 atom stereocenters. The second-order valence-electron chi connectivity index (χ2n) is 5.24. The summed E-state index contributed by atoms with van der Waals surface area (Å²) in [7, 11) is -1.71. The van der Waals surface area contributed by atoms with E-state index in [0.717, 1.165) is 25.1 Å². The molecule has 1 heterocycles. The summed E-state index contributed by atoms with van der Waals surface area (Å²) in [6.45, 7) is 3.69. The normalized spacial score (nSPS) is 16.8. The minimum absolute atomic E-state index is 0.357. The van der Waals surface area contributed by atoms with Gasteiger partial charge < -0.3 is 10.3 Å². The standard InChI is InChI=1S/C13H23N3O2S/c1-3-16-10-13(7-12(16)8-14)19(17,18)15(2)9-11-5-4-6-11/h7,10-11H,3-6,8-9,14H2,1-2H3. The van der Waals surface area contributed by atoms with Crippen LogP contribution in [0, 0.1) is 5.92 Å². The molecule has 2 rings (SSSR count). The molecule has 108 valence electrons. The van der Waals surface area contributed by atoms with Crippen LogP contribution in [0.1, 0.15) is 31.9 Å². The zero-order chi connectivity index (χ0) is 14.0. The fraction of sp³-hybridized carbons (Fsp3) is 0.692. The van der Waals surface area contributed by atoms with E-state index in [4.69, 9.17) is 5.73 Å². The van der Waals surface area contributed by atoms with Crippen LogP contribution in [0.4, 0.5) is 0 Å². The Hall–Kier alpha value is -0.850. The number of nitrogens with two attached hydrogens (primary N) is 1. The molecule has 1 aromatic rings. The van der Waals surface area contributed by atoms with E-state index in [1.807, 2.05) is 11.5 Å². The van der Waals surface area contributed by atoms with Crippen molar-refractivity contribution < 1.29 is 8.42 Å². The van der Waals surface area contributed by atoms with Crippen LogP contribution < -0.4 is 5.73 Å². The van der Waals surface area contributed by atoms with Crippen molar-refractivity contribution >= 4 is 10.0 Å². The van der Waals surface area contributed by atoms with Gasteiger partial charge in [-0.25, -0.2) is 12.7 Å². The van der Waals surface area contributed by atoms with Crippen LogP contribution in [0.15, 0.2) is 17.2 Å². The summed E-state index contributed by atoms with van der Waals surface area (Å²) in [6, 6.07) is 1.69. The average Bonchev–Trinajstić information content (AvgIpc) is 2.77. The fourth-order valence-corrected chi connectivity index (χ4v) is 3.76. The second-order valence-corrected chi connectivity index (χ2v) is 7.28. The SMILES string of the molecule is CCn1cc(S(=O)(=O)N(C)CC2CCC2)cc1CN. The summed E-state index contributed by atoms with van der Waals surface area (Å²) in [6.07, 6.45) is 5.20. The second kappa shape index (κ2) is 5.64. The third-order valence-corrected chi connectivity index (χ3v) is 5.75. The molecule has 1 saturated carbocycles. The Morgan fingerprint density at radius 2 is 2.16 bits per heavy atom. The Balaban J connectivity index is 2.20. The van der Waals surface area contributed by atoms with E-state index in [9.17, 15) is 8.42 Å². The Morgan fingerprint density at radius 3 is 2.58 bits per heavy atom. The van der Waals surface area contributed by atoms with E-state index in [0.29, 0.717) is 23.9 Å². The molecule has 0 aliphatic heterocycles. The summed E-state index contributed by atoms with van der Waals surface area (Å²) in [5, 5.41) is 0. The van der Waals surface area contributed by atoms with Gasteiger partial charge in [-0.3, -0.25) is 0 Å². The van der Waals surface area contributed by atoms with Gasteiger partial charge in [-0.05, 0) is 31.7 Å². The lowest BCUT2D eigenvalue weighted by Crippen LogP contribution is -2.34. The molecule has 5 nitrogen and oxygen atoms in total. The van der Waals surface area contributed by atoms with E-state index in [1.165, 1.54) is 10.7 Å². The first-order chi connectivity index (χ1) is 8.98. The molecule has 0 unspecified atom stereocenters. The molecule has 0 spiro atoms. The van der Waals surface area contributed by atoms with Crippen molar-refractivity contribution in [3.05, 3.63) is 18.0 Å². The van der Waals surface area contributed by atoms with Crippen molar-refractivity contribution in [2.45, 2.75) is 44.2 Å². The predicted octanol–water partition coefficient (Wildman–Crippen LogP) is 1.39. The molecule has 2 N–H and O–H groups in total. The number of sulfonamides is 1. The van der Waals surface area contributed by atoms with Gasteiger partial charge >= 0.3 is 0 Å². The highest BCUT2D eigenvalue weighted by Gasteiger charge is 2.27. The predicted molar refractivity (Wildman–Crippen MR) is 75.2 cm³/mol. The third-order valence-electron chi connectivity index (χ3n) is 3.96. The van der Waals surface area contributed by atoms with E-state index in [1.54, 1.807) is 19.3 Å². The van der Waals surface area contributed by atoms with Crippen LogP contribution in [0.5, 0.6) is 0 Å². The van der Waals surface area contributed by atoms with Crippen molar-refractivity contribution in [1.82, 2.24) is 8.87 Å². The summed E-state index contributed by atoms with van der Waals surface area (Å²) in [5.41, 5.74) is 6.50. The number of aromatic nitrogens is 1. The van der Waals surface area contributed by atoms with Crippen molar-refractivity contribution in [2.24, 2.45) is 11.7 Å². The van der Waals surface area contributed by atoms with Crippen molar-refractivity contribution in [1.29, 1.82) is 0 Å². The maximum atomic E-state index is 12.5. The van der Waals surface area contributed by atoms with Crippen LogP contribution in [0.2, 0.25) is 0 Å². The molecular weight excluding hydrogens is 262 g/mol. The molecule has 1 aliphatic rings. The Labute approximate surface area is 115 Å². The van der Waals surface area contributed by atoms with Gasteiger partial charge in [-0.15, -0.1) is 0 Å². The van der Waals surface area contributed by atoms with Crippen molar-refractivity contribution in [2.75, 3.05) is 13.6 Å². The highest BCUT2D eigenvalue weighted by molar-refractivity contribution is 7.89. The van der Waals surface area contributed by atoms with Gasteiger partial charge in [0.05, 0.1) is 0 Å². The van der Waals surface area contributed by atoms with Crippen molar-refractivity contribution in [3.8, 4) is 0 Å². The highest BCUT2D eigenvalue weighted by atomic mass is 32.2. The zero-order valence-corrected chi connectivity index (χ0v) is 12.5. The molecule has 0 amide bonds. The molecule has 0 bridgehead atoms. The summed E-state index contributed by atoms with van der Waals surface area (Å²) >= 11 is 0. The third kappa shape index (κ3) is 2.85. The smallest absolute Gasteiger partial charge is 0.244 e. The molecule has 19 heavy (non-hydrogen) atoms. The average molecular weight is 285 g/mol. The van der Waals surface area contributed by atoms with Gasteiger partial charge in [-0.1, -0.05) is 6.42 Å². The maximum Gasteiger partial charge on any atom is 0.244 e. The van der Waals surface area contributed by atoms with Crippen LogP contribution >= 0.6 is 0 Å². The highest BCUT2D eigenvalue weighted by Crippen LogP contribution is 2.28. The molecule has 1 fully saturated rings. The summed E-state index contributed by atoms with van der Waals surface area (Å²) < 4.78 is 28.3.